The monoisotopic (exact) mass is 259 g/mol. The van der Waals surface area contributed by atoms with Crippen LogP contribution in [0.3, 0.4) is 0 Å². The number of rotatable bonds is 7. The van der Waals surface area contributed by atoms with E-state index in [0.29, 0.717) is 5.82 Å². The van der Waals surface area contributed by atoms with Crippen LogP contribution in [-0.4, -0.2) is 28.0 Å². The molecule has 0 unspecified atom stereocenters. The highest BCUT2D eigenvalue weighted by molar-refractivity contribution is 5.31. The van der Waals surface area contributed by atoms with Crippen molar-refractivity contribution < 1.29 is 0 Å². The number of nitrogens with one attached hydrogen (secondary N) is 3. The van der Waals surface area contributed by atoms with Gasteiger partial charge in [0.15, 0.2) is 0 Å². The molecule has 0 saturated carbocycles. The summed E-state index contributed by atoms with van der Waals surface area (Å²) >= 11 is 0. The molecule has 0 radical (unpaired) electrons. The Bertz CT molecular complexity index is 540. The van der Waals surface area contributed by atoms with Crippen LogP contribution in [0.25, 0.3) is 0 Å². The molecule has 0 aliphatic carbocycles. The van der Waals surface area contributed by atoms with Gasteiger partial charge in [-0.3, -0.25) is 9.78 Å². The van der Waals surface area contributed by atoms with Crippen LogP contribution < -0.4 is 16.2 Å². The molecule has 0 spiro atoms. The number of aromatic nitrogens is 3. The van der Waals surface area contributed by atoms with E-state index in [-0.39, 0.29) is 5.56 Å². The lowest BCUT2D eigenvalue weighted by Gasteiger charge is -2.06. The fourth-order valence-electron chi connectivity index (χ4n) is 1.63. The molecule has 6 nitrogen and oxygen atoms in total. The Hall–Kier alpha value is -2.21. The molecule has 2 rings (SSSR count). The lowest BCUT2D eigenvalue weighted by atomic mass is 10.3. The van der Waals surface area contributed by atoms with E-state index in [1.54, 1.807) is 6.20 Å². The molecule has 0 aromatic carbocycles. The molecule has 3 N–H and O–H groups in total. The zero-order valence-corrected chi connectivity index (χ0v) is 10.6. The van der Waals surface area contributed by atoms with Crippen LogP contribution in [0, 0.1) is 0 Å². The first kappa shape index (κ1) is 13.2. The van der Waals surface area contributed by atoms with E-state index in [2.05, 4.69) is 25.6 Å². The molecule has 0 aliphatic heterocycles. The van der Waals surface area contributed by atoms with E-state index in [1.165, 1.54) is 18.0 Å². The Balaban J connectivity index is 1.59. The minimum Gasteiger partial charge on any atom is -0.370 e. The Morgan fingerprint density at radius 2 is 2.26 bits per heavy atom. The second kappa shape index (κ2) is 7.27. The van der Waals surface area contributed by atoms with Gasteiger partial charge in [-0.15, -0.1) is 0 Å². The molecular weight excluding hydrogens is 242 g/mol. The predicted octanol–water partition coefficient (Wildman–Crippen LogP) is 0.757. The maximum atomic E-state index is 11.0. The lowest BCUT2D eigenvalue weighted by Crippen LogP contribution is -2.18. The van der Waals surface area contributed by atoms with Crippen molar-refractivity contribution in [2.24, 2.45) is 0 Å². The van der Waals surface area contributed by atoms with Gasteiger partial charge in [0.25, 0.3) is 5.56 Å². The molecule has 2 aromatic rings. The van der Waals surface area contributed by atoms with E-state index in [4.69, 9.17) is 0 Å². The molecule has 0 fully saturated rings. The average molecular weight is 259 g/mol. The minimum absolute atomic E-state index is 0.146. The molecule has 6 heteroatoms. The molecule has 0 bridgehead atoms. The van der Waals surface area contributed by atoms with Gasteiger partial charge in [-0.1, -0.05) is 6.07 Å². The van der Waals surface area contributed by atoms with Crippen molar-refractivity contribution in [1.29, 1.82) is 0 Å². The van der Waals surface area contributed by atoms with Crippen molar-refractivity contribution in [2.45, 2.75) is 13.0 Å². The Morgan fingerprint density at radius 3 is 3.05 bits per heavy atom. The molecule has 19 heavy (non-hydrogen) atoms. The number of nitrogens with zero attached hydrogens (tertiary/aromatic N) is 2. The standard InChI is InChI=1S/C13H17N5O/c19-13-7-12(17-10-18-13)16-6-2-5-15-9-11-3-1-4-14-8-11/h1,3-4,7-8,10,15H,2,5-6,9H2,(H2,16,17,18,19). The van der Waals surface area contributed by atoms with Crippen LogP contribution in [0.5, 0.6) is 0 Å². The van der Waals surface area contributed by atoms with E-state index in [9.17, 15) is 4.79 Å². The Morgan fingerprint density at radius 1 is 1.32 bits per heavy atom. The van der Waals surface area contributed by atoms with E-state index in [1.807, 2.05) is 18.3 Å². The Labute approximate surface area is 111 Å². The third kappa shape index (κ3) is 4.89. The zero-order chi connectivity index (χ0) is 13.3. The molecule has 2 aromatic heterocycles. The van der Waals surface area contributed by atoms with Gasteiger partial charge in [0, 0.05) is 31.5 Å². The van der Waals surface area contributed by atoms with Gasteiger partial charge in [-0.25, -0.2) is 4.98 Å². The maximum absolute atomic E-state index is 11.0. The summed E-state index contributed by atoms with van der Waals surface area (Å²) in [6.07, 6.45) is 5.97. The van der Waals surface area contributed by atoms with Gasteiger partial charge in [0.2, 0.25) is 0 Å². The van der Waals surface area contributed by atoms with Crippen LogP contribution in [0.4, 0.5) is 5.82 Å². The summed E-state index contributed by atoms with van der Waals surface area (Å²) in [5.41, 5.74) is 1.03. The third-order valence-corrected chi connectivity index (χ3v) is 2.57. The number of hydrogen-bond donors (Lipinski definition) is 3. The summed E-state index contributed by atoms with van der Waals surface area (Å²) in [6, 6.07) is 5.42. The fourth-order valence-corrected chi connectivity index (χ4v) is 1.63. The van der Waals surface area contributed by atoms with Crippen molar-refractivity contribution in [1.82, 2.24) is 20.3 Å². The summed E-state index contributed by atoms with van der Waals surface area (Å²) in [4.78, 5) is 21.6. The zero-order valence-electron chi connectivity index (χ0n) is 10.6. The number of anilines is 1. The lowest BCUT2D eigenvalue weighted by molar-refractivity contribution is 0.661. The van der Waals surface area contributed by atoms with Gasteiger partial charge < -0.3 is 15.6 Å². The molecular formula is C13H17N5O. The maximum Gasteiger partial charge on any atom is 0.252 e. The minimum atomic E-state index is -0.146. The van der Waals surface area contributed by atoms with Crippen molar-refractivity contribution in [3.63, 3.8) is 0 Å². The second-order valence-corrected chi connectivity index (χ2v) is 4.11. The third-order valence-electron chi connectivity index (χ3n) is 2.57. The SMILES string of the molecule is O=c1cc(NCCCNCc2cccnc2)nc[nH]1. The quantitative estimate of drug-likeness (QED) is 0.639. The summed E-state index contributed by atoms with van der Waals surface area (Å²) in [6.45, 7) is 2.48. The van der Waals surface area contributed by atoms with Gasteiger partial charge in [0.05, 0.1) is 6.33 Å². The molecule has 0 saturated heterocycles. The number of pyridine rings is 1. The molecule has 0 aliphatic rings. The van der Waals surface area contributed by atoms with E-state index < -0.39 is 0 Å². The summed E-state index contributed by atoms with van der Waals surface area (Å²) < 4.78 is 0. The van der Waals surface area contributed by atoms with Crippen LogP contribution in [0.15, 0.2) is 41.7 Å². The summed E-state index contributed by atoms with van der Waals surface area (Å²) in [5.74, 6) is 0.607. The van der Waals surface area contributed by atoms with E-state index >= 15 is 0 Å². The highest BCUT2D eigenvalue weighted by Crippen LogP contribution is 1.96. The summed E-state index contributed by atoms with van der Waals surface area (Å²) in [5, 5.41) is 6.43. The smallest absolute Gasteiger partial charge is 0.252 e. The van der Waals surface area contributed by atoms with Crippen LogP contribution in [-0.2, 0) is 6.54 Å². The van der Waals surface area contributed by atoms with Gasteiger partial charge in [-0.2, -0.15) is 0 Å². The highest BCUT2D eigenvalue weighted by Gasteiger charge is 1.94. The van der Waals surface area contributed by atoms with Crippen molar-refractivity contribution in [3.05, 3.63) is 52.8 Å². The first-order chi connectivity index (χ1) is 9.34. The molecule has 2 heterocycles. The number of hydrogen-bond acceptors (Lipinski definition) is 5. The average Bonchev–Trinajstić information content (AvgIpc) is 2.44. The Kier molecular flexibility index (Phi) is 5.06. The van der Waals surface area contributed by atoms with Crippen molar-refractivity contribution in [3.8, 4) is 0 Å². The summed E-state index contributed by atoms with van der Waals surface area (Å²) in [7, 11) is 0. The number of H-pyrrole nitrogens is 1. The van der Waals surface area contributed by atoms with Crippen molar-refractivity contribution >= 4 is 5.82 Å². The van der Waals surface area contributed by atoms with Gasteiger partial charge in [-0.05, 0) is 24.6 Å². The molecule has 100 valence electrons. The van der Waals surface area contributed by atoms with Crippen LogP contribution in [0.2, 0.25) is 0 Å². The van der Waals surface area contributed by atoms with Gasteiger partial charge in [0.1, 0.15) is 5.82 Å². The highest BCUT2D eigenvalue weighted by atomic mass is 16.1. The van der Waals surface area contributed by atoms with E-state index in [0.717, 1.165) is 26.1 Å². The van der Waals surface area contributed by atoms with Crippen molar-refractivity contribution in [2.75, 3.05) is 18.4 Å². The van der Waals surface area contributed by atoms with Gasteiger partial charge >= 0.3 is 0 Å². The topological polar surface area (TPSA) is 82.7 Å². The first-order valence-electron chi connectivity index (χ1n) is 6.23. The first-order valence-corrected chi connectivity index (χ1v) is 6.23. The second-order valence-electron chi connectivity index (χ2n) is 4.11. The molecule has 0 atom stereocenters. The normalized spacial score (nSPS) is 10.3. The largest absolute Gasteiger partial charge is 0.370 e. The fraction of sp³-hybridized carbons (Fsp3) is 0.308. The number of aromatic amines is 1. The van der Waals surface area contributed by atoms with Crippen LogP contribution in [0.1, 0.15) is 12.0 Å². The van der Waals surface area contributed by atoms with Crippen LogP contribution >= 0.6 is 0 Å². The predicted molar refractivity (Wildman–Crippen MR) is 73.9 cm³/mol. The molecule has 0 amide bonds.